The molecule has 3 heterocycles. The number of aryl methyl sites for hydroxylation is 3. The molecule has 164 valence electrons. The number of fused-ring (bicyclic) bond motifs is 1. The van der Waals surface area contributed by atoms with Gasteiger partial charge in [-0.15, -0.1) is 0 Å². The van der Waals surface area contributed by atoms with Crippen LogP contribution in [0.4, 0.5) is 5.69 Å². The van der Waals surface area contributed by atoms with E-state index in [9.17, 15) is 9.59 Å². The van der Waals surface area contributed by atoms with Crippen LogP contribution in [0.2, 0.25) is 0 Å². The number of nitrogens with one attached hydrogen (secondary N) is 1. The van der Waals surface area contributed by atoms with Gasteiger partial charge in [0.05, 0.1) is 24.7 Å². The topological polar surface area (TPSA) is 99.2 Å². The first-order chi connectivity index (χ1) is 15.4. The van der Waals surface area contributed by atoms with Gasteiger partial charge in [-0.1, -0.05) is 0 Å². The molecule has 8 nitrogen and oxygen atoms in total. The predicted octanol–water partition coefficient (Wildman–Crippen LogP) is 3.88. The summed E-state index contributed by atoms with van der Waals surface area (Å²) in [6.45, 7) is 5.74. The Labute approximate surface area is 184 Å². The molecule has 0 bridgehead atoms. The summed E-state index contributed by atoms with van der Waals surface area (Å²) in [5.74, 6) is 1.08. The molecule has 0 aliphatic heterocycles. The lowest BCUT2D eigenvalue weighted by Gasteiger charge is -2.10. The molecule has 4 aromatic rings. The van der Waals surface area contributed by atoms with Crippen LogP contribution in [0.1, 0.15) is 28.9 Å². The Morgan fingerprint density at radius 2 is 1.97 bits per heavy atom. The zero-order valence-corrected chi connectivity index (χ0v) is 18.4. The van der Waals surface area contributed by atoms with Crippen molar-refractivity contribution in [3.8, 4) is 11.6 Å². The van der Waals surface area contributed by atoms with Gasteiger partial charge in [0.2, 0.25) is 5.91 Å². The van der Waals surface area contributed by atoms with Gasteiger partial charge in [-0.2, -0.15) is 5.10 Å². The minimum absolute atomic E-state index is 0.145. The first kappa shape index (κ1) is 21.3. The van der Waals surface area contributed by atoms with Crippen molar-refractivity contribution in [2.75, 3.05) is 12.4 Å². The van der Waals surface area contributed by atoms with Gasteiger partial charge in [0.1, 0.15) is 11.3 Å². The number of benzene rings is 1. The molecule has 4 rings (SSSR count). The van der Waals surface area contributed by atoms with E-state index in [1.54, 1.807) is 36.2 Å². The molecule has 1 amide bonds. The number of hydrogen-bond donors (Lipinski definition) is 1. The molecule has 1 N–H and O–H groups in total. The van der Waals surface area contributed by atoms with Crippen LogP contribution in [0.5, 0.6) is 5.75 Å². The Kier molecular flexibility index (Phi) is 5.77. The highest BCUT2D eigenvalue weighted by atomic mass is 16.5. The zero-order valence-electron chi connectivity index (χ0n) is 18.4. The van der Waals surface area contributed by atoms with Gasteiger partial charge in [0.25, 0.3) is 0 Å². The zero-order chi connectivity index (χ0) is 22.8. The number of pyridine rings is 1. The SMILES string of the molecule is COc1ccc2c(C)c(CCC(=O)Nc3ccc(-n4nc(C)cc4C)nc3)c(=O)oc2c1. The lowest BCUT2D eigenvalue weighted by Crippen LogP contribution is -2.17. The van der Waals surface area contributed by atoms with Crippen molar-refractivity contribution in [1.29, 1.82) is 0 Å². The second-order valence-electron chi connectivity index (χ2n) is 7.65. The smallest absolute Gasteiger partial charge is 0.339 e. The third kappa shape index (κ3) is 4.25. The quantitative estimate of drug-likeness (QED) is 0.464. The summed E-state index contributed by atoms with van der Waals surface area (Å²) in [6.07, 6.45) is 2.01. The molecule has 0 atom stereocenters. The number of carbonyl (C=O) groups is 1. The number of nitrogens with zero attached hydrogens (tertiary/aromatic N) is 3. The van der Waals surface area contributed by atoms with Crippen molar-refractivity contribution < 1.29 is 13.9 Å². The fraction of sp³-hybridized carbons (Fsp3) is 0.250. The average Bonchev–Trinajstić information content (AvgIpc) is 3.11. The van der Waals surface area contributed by atoms with Crippen molar-refractivity contribution in [2.45, 2.75) is 33.6 Å². The molecule has 1 aromatic carbocycles. The highest BCUT2D eigenvalue weighted by molar-refractivity contribution is 5.91. The average molecular weight is 432 g/mol. The largest absolute Gasteiger partial charge is 0.497 e. The number of amides is 1. The molecule has 0 radical (unpaired) electrons. The van der Waals surface area contributed by atoms with Gasteiger partial charge >= 0.3 is 5.63 Å². The van der Waals surface area contributed by atoms with Crippen molar-refractivity contribution >= 4 is 22.6 Å². The van der Waals surface area contributed by atoms with Crippen LogP contribution >= 0.6 is 0 Å². The Balaban J connectivity index is 1.44. The molecule has 0 fully saturated rings. The molecule has 0 aliphatic rings. The standard InChI is InChI=1S/C24H24N4O4/c1-14-11-15(2)28(27-14)22-9-5-17(13-25-22)26-23(29)10-8-20-16(3)19-7-6-18(31-4)12-21(19)32-24(20)30/h5-7,9,11-13H,8,10H2,1-4H3,(H,26,29). The van der Waals surface area contributed by atoms with E-state index in [4.69, 9.17) is 9.15 Å². The van der Waals surface area contributed by atoms with Gasteiger partial charge < -0.3 is 14.5 Å². The fourth-order valence-electron chi connectivity index (χ4n) is 3.70. The normalized spacial score (nSPS) is 11.0. The van der Waals surface area contributed by atoms with E-state index in [0.29, 0.717) is 28.4 Å². The fourth-order valence-corrected chi connectivity index (χ4v) is 3.70. The van der Waals surface area contributed by atoms with Gasteiger partial charge in [0, 0.05) is 29.1 Å². The second-order valence-corrected chi connectivity index (χ2v) is 7.65. The predicted molar refractivity (Wildman–Crippen MR) is 122 cm³/mol. The molecule has 0 saturated carbocycles. The molecular formula is C24H24N4O4. The maximum Gasteiger partial charge on any atom is 0.339 e. The van der Waals surface area contributed by atoms with Gasteiger partial charge in [0.15, 0.2) is 5.82 Å². The molecule has 3 aromatic heterocycles. The number of rotatable bonds is 6. The van der Waals surface area contributed by atoms with Crippen LogP contribution in [0, 0.1) is 20.8 Å². The van der Waals surface area contributed by atoms with Crippen LogP contribution in [-0.2, 0) is 11.2 Å². The van der Waals surface area contributed by atoms with Crippen molar-refractivity contribution in [3.05, 3.63) is 75.5 Å². The molecular weight excluding hydrogens is 408 g/mol. The van der Waals surface area contributed by atoms with Crippen LogP contribution in [0.3, 0.4) is 0 Å². The highest BCUT2D eigenvalue weighted by Crippen LogP contribution is 2.24. The summed E-state index contributed by atoms with van der Waals surface area (Å²) in [6, 6.07) is 10.9. The van der Waals surface area contributed by atoms with Gasteiger partial charge in [-0.05, 0) is 63.1 Å². The Hall–Kier alpha value is -3.94. The number of aromatic nitrogens is 3. The summed E-state index contributed by atoms with van der Waals surface area (Å²) >= 11 is 0. The molecule has 0 aliphatic carbocycles. The Morgan fingerprint density at radius 3 is 2.62 bits per heavy atom. The number of carbonyl (C=O) groups excluding carboxylic acids is 1. The molecule has 8 heteroatoms. The summed E-state index contributed by atoms with van der Waals surface area (Å²) in [4.78, 5) is 29.3. The van der Waals surface area contributed by atoms with Crippen molar-refractivity contribution in [2.24, 2.45) is 0 Å². The molecule has 0 spiro atoms. The van der Waals surface area contributed by atoms with E-state index < -0.39 is 5.63 Å². The third-order valence-electron chi connectivity index (χ3n) is 5.35. The lowest BCUT2D eigenvalue weighted by atomic mass is 10.0. The number of hydrogen-bond acceptors (Lipinski definition) is 6. The van der Waals surface area contributed by atoms with Crippen LogP contribution < -0.4 is 15.7 Å². The number of methoxy groups -OCH3 is 1. The number of ether oxygens (including phenoxy) is 1. The van der Waals surface area contributed by atoms with E-state index in [1.165, 1.54) is 0 Å². The highest BCUT2D eigenvalue weighted by Gasteiger charge is 2.14. The van der Waals surface area contributed by atoms with E-state index in [-0.39, 0.29) is 18.7 Å². The van der Waals surface area contributed by atoms with E-state index in [0.717, 1.165) is 22.3 Å². The van der Waals surface area contributed by atoms with Gasteiger partial charge in [-0.3, -0.25) is 4.79 Å². The number of anilines is 1. The first-order valence-corrected chi connectivity index (χ1v) is 10.3. The minimum atomic E-state index is -0.438. The van der Waals surface area contributed by atoms with E-state index in [1.807, 2.05) is 39.0 Å². The summed E-state index contributed by atoms with van der Waals surface area (Å²) in [5, 5.41) is 8.05. The summed E-state index contributed by atoms with van der Waals surface area (Å²) in [7, 11) is 1.56. The summed E-state index contributed by atoms with van der Waals surface area (Å²) < 4.78 is 12.4. The lowest BCUT2D eigenvalue weighted by molar-refractivity contribution is -0.116. The molecule has 0 unspecified atom stereocenters. The maximum absolute atomic E-state index is 12.5. The first-order valence-electron chi connectivity index (χ1n) is 10.3. The van der Waals surface area contributed by atoms with Crippen LogP contribution in [-0.4, -0.2) is 27.8 Å². The Bertz CT molecular complexity index is 1350. The Morgan fingerprint density at radius 1 is 1.16 bits per heavy atom. The van der Waals surface area contributed by atoms with E-state index >= 15 is 0 Å². The summed E-state index contributed by atoms with van der Waals surface area (Å²) in [5.41, 5.74) is 3.80. The van der Waals surface area contributed by atoms with Crippen molar-refractivity contribution in [3.63, 3.8) is 0 Å². The van der Waals surface area contributed by atoms with Crippen molar-refractivity contribution in [1.82, 2.24) is 14.8 Å². The molecule has 0 saturated heterocycles. The van der Waals surface area contributed by atoms with Crippen LogP contribution in [0.15, 0.2) is 51.8 Å². The maximum atomic E-state index is 12.5. The molecule has 32 heavy (non-hydrogen) atoms. The monoisotopic (exact) mass is 432 g/mol. The van der Waals surface area contributed by atoms with Gasteiger partial charge in [-0.25, -0.2) is 14.5 Å². The van der Waals surface area contributed by atoms with Crippen LogP contribution in [0.25, 0.3) is 16.8 Å². The second kappa shape index (κ2) is 8.66. The van der Waals surface area contributed by atoms with E-state index in [2.05, 4.69) is 15.4 Å². The third-order valence-corrected chi connectivity index (χ3v) is 5.35. The minimum Gasteiger partial charge on any atom is -0.497 e.